The summed E-state index contributed by atoms with van der Waals surface area (Å²) in [7, 11) is 1.58. The van der Waals surface area contributed by atoms with E-state index < -0.39 is 29.8 Å². The fourth-order valence-corrected chi connectivity index (χ4v) is 4.74. The van der Waals surface area contributed by atoms with Crippen LogP contribution in [-0.2, 0) is 20.8 Å². The molecule has 0 bridgehead atoms. The van der Waals surface area contributed by atoms with Crippen molar-refractivity contribution >= 4 is 23.6 Å². The fourth-order valence-electron chi connectivity index (χ4n) is 4.74. The molecule has 0 saturated heterocycles. The van der Waals surface area contributed by atoms with Crippen molar-refractivity contribution in [2.75, 3.05) is 26.9 Å². The topological polar surface area (TPSA) is 144 Å². The molecule has 3 rings (SSSR count). The number of hydrogen-bond acceptors (Lipinski definition) is 7. The standard InChI is InChI=1S/C32H44N4O7/c1-6-42-27-14-13-22(17-28(27)41-5)10-9-15-33-31(39)25-18-29(37)35-24(16-20(2)3)32(40)34-21(4)19-43-26-12-8-7-11-23(26)30(38)36-25/h7-8,11-14,17,20-21,24-25H,6,9-10,15-16,18-19H2,1-5H3,(H,33,39)(H,34,40)(H,35,37)(H,36,38)/t21-,24+,25+/m1/s1. The van der Waals surface area contributed by atoms with Crippen LogP contribution in [0.1, 0.15) is 62.9 Å². The van der Waals surface area contributed by atoms with Crippen LogP contribution in [0.3, 0.4) is 0 Å². The highest BCUT2D eigenvalue weighted by molar-refractivity contribution is 6.01. The monoisotopic (exact) mass is 596 g/mol. The molecule has 11 nitrogen and oxygen atoms in total. The Morgan fingerprint density at radius 2 is 1.84 bits per heavy atom. The molecule has 0 spiro atoms. The number of fused-ring (bicyclic) bond motifs is 1. The molecule has 234 valence electrons. The van der Waals surface area contributed by atoms with E-state index in [0.717, 1.165) is 5.56 Å². The summed E-state index contributed by atoms with van der Waals surface area (Å²) in [6.07, 6.45) is 1.35. The number of rotatable bonds is 10. The molecule has 1 aliphatic heterocycles. The SMILES string of the molecule is CCOc1ccc(CCCNC(=O)[C@@H]2CC(=O)N[C@@H](CC(C)C)C(=O)N[C@H](C)COc3ccccc3C(=O)N2)cc1OC. The van der Waals surface area contributed by atoms with Crippen LogP contribution in [0, 0.1) is 5.92 Å². The minimum atomic E-state index is -1.17. The molecule has 1 aliphatic rings. The predicted octanol–water partition coefficient (Wildman–Crippen LogP) is 2.76. The van der Waals surface area contributed by atoms with Crippen LogP contribution in [0.4, 0.5) is 0 Å². The molecule has 1 heterocycles. The molecule has 0 aliphatic carbocycles. The number of para-hydroxylation sites is 1. The second-order valence-electron chi connectivity index (χ2n) is 11.0. The van der Waals surface area contributed by atoms with Gasteiger partial charge in [-0.25, -0.2) is 0 Å². The maximum absolute atomic E-state index is 13.3. The highest BCUT2D eigenvalue weighted by Gasteiger charge is 2.29. The highest BCUT2D eigenvalue weighted by Crippen LogP contribution is 2.28. The van der Waals surface area contributed by atoms with Crippen molar-refractivity contribution in [2.24, 2.45) is 5.92 Å². The van der Waals surface area contributed by atoms with Crippen molar-refractivity contribution in [2.45, 2.75) is 71.5 Å². The lowest BCUT2D eigenvalue weighted by molar-refractivity contribution is -0.131. The van der Waals surface area contributed by atoms with Crippen LogP contribution in [0.15, 0.2) is 42.5 Å². The number of hydrogen-bond donors (Lipinski definition) is 4. The molecular formula is C32H44N4O7. The van der Waals surface area contributed by atoms with E-state index in [1.165, 1.54) is 0 Å². The third-order valence-corrected chi connectivity index (χ3v) is 6.85. The van der Waals surface area contributed by atoms with Gasteiger partial charge in [-0.15, -0.1) is 0 Å². The molecular weight excluding hydrogens is 552 g/mol. The highest BCUT2D eigenvalue weighted by atomic mass is 16.5. The molecule has 0 unspecified atom stereocenters. The Hall–Kier alpha value is -4.28. The molecule has 3 atom stereocenters. The summed E-state index contributed by atoms with van der Waals surface area (Å²) in [6, 6.07) is 10.0. The van der Waals surface area contributed by atoms with Gasteiger partial charge < -0.3 is 35.5 Å². The maximum atomic E-state index is 13.3. The van der Waals surface area contributed by atoms with Crippen LogP contribution >= 0.6 is 0 Å². The van der Waals surface area contributed by atoms with Gasteiger partial charge in [0.1, 0.15) is 24.4 Å². The lowest BCUT2D eigenvalue weighted by atomic mass is 10.0. The summed E-state index contributed by atoms with van der Waals surface area (Å²) < 4.78 is 16.9. The second kappa shape index (κ2) is 16.4. The number of amides is 4. The Morgan fingerprint density at radius 1 is 1.07 bits per heavy atom. The Bertz CT molecular complexity index is 1270. The van der Waals surface area contributed by atoms with Gasteiger partial charge in [-0.05, 0) is 68.9 Å². The molecule has 0 aromatic heterocycles. The second-order valence-corrected chi connectivity index (χ2v) is 11.0. The number of aryl methyl sites for hydroxylation is 1. The first-order chi connectivity index (χ1) is 20.6. The Labute approximate surface area is 253 Å². The van der Waals surface area contributed by atoms with E-state index >= 15 is 0 Å². The van der Waals surface area contributed by atoms with Gasteiger partial charge >= 0.3 is 0 Å². The first-order valence-corrected chi connectivity index (χ1v) is 14.8. The predicted molar refractivity (Wildman–Crippen MR) is 162 cm³/mol. The molecule has 2 aromatic rings. The van der Waals surface area contributed by atoms with Crippen molar-refractivity contribution < 1.29 is 33.4 Å². The molecule has 0 radical (unpaired) electrons. The number of ether oxygens (including phenoxy) is 3. The molecule has 4 N–H and O–H groups in total. The number of carbonyl (C=O) groups is 4. The molecule has 4 amide bonds. The van der Waals surface area contributed by atoms with Crippen molar-refractivity contribution in [3.8, 4) is 17.2 Å². The van der Waals surface area contributed by atoms with Crippen LogP contribution in [0.25, 0.3) is 0 Å². The number of methoxy groups -OCH3 is 1. The van der Waals surface area contributed by atoms with Crippen LogP contribution in [-0.4, -0.2) is 68.6 Å². The van der Waals surface area contributed by atoms with Gasteiger partial charge in [-0.1, -0.05) is 32.0 Å². The quantitative estimate of drug-likeness (QED) is 0.309. The van der Waals surface area contributed by atoms with Gasteiger partial charge in [0.05, 0.1) is 31.7 Å². The summed E-state index contributed by atoms with van der Waals surface area (Å²) in [6.45, 7) is 8.55. The van der Waals surface area contributed by atoms with Gasteiger partial charge in [-0.2, -0.15) is 0 Å². The van der Waals surface area contributed by atoms with Gasteiger partial charge in [0.15, 0.2) is 11.5 Å². The zero-order valence-electron chi connectivity index (χ0n) is 25.7. The molecule has 0 fully saturated rings. The van der Waals surface area contributed by atoms with Crippen molar-refractivity contribution in [3.63, 3.8) is 0 Å². The summed E-state index contributed by atoms with van der Waals surface area (Å²) in [5.74, 6) is -0.154. The lowest BCUT2D eigenvalue weighted by Gasteiger charge is -2.25. The largest absolute Gasteiger partial charge is 0.493 e. The van der Waals surface area contributed by atoms with Gasteiger partial charge in [0.25, 0.3) is 5.91 Å². The molecule has 2 aromatic carbocycles. The minimum absolute atomic E-state index is 0.114. The van der Waals surface area contributed by atoms with Crippen LogP contribution in [0.5, 0.6) is 17.2 Å². The van der Waals surface area contributed by atoms with Gasteiger partial charge in [-0.3, -0.25) is 19.2 Å². The Morgan fingerprint density at radius 3 is 2.56 bits per heavy atom. The number of nitrogens with one attached hydrogen (secondary N) is 4. The normalized spacial score (nSPS) is 19.6. The smallest absolute Gasteiger partial charge is 0.255 e. The van der Waals surface area contributed by atoms with E-state index in [9.17, 15) is 19.2 Å². The average molecular weight is 597 g/mol. The van der Waals surface area contributed by atoms with Gasteiger partial charge in [0.2, 0.25) is 17.7 Å². The van der Waals surface area contributed by atoms with E-state index in [4.69, 9.17) is 14.2 Å². The number of carbonyl (C=O) groups excluding carboxylic acids is 4. The summed E-state index contributed by atoms with van der Waals surface area (Å²) >= 11 is 0. The third-order valence-electron chi connectivity index (χ3n) is 6.85. The fraction of sp³-hybridized carbons (Fsp3) is 0.500. The molecule has 0 saturated carbocycles. The minimum Gasteiger partial charge on any atom is -0.493 e. The first-order valence-electron chi connectivity index (χ1n) is 14.8. The zero-order chi connectivity index (χ0) is 31.4. The van der Waals surface area contributed by atoms with Crippen LogP contribution in [0.2, 0.25) is 0 Å². The summed E-state index contributed by atoms with van der Waals surface area (Å²) in [5.41, 5.74) is 1.24. The average Bonchev–Trinajstić information content (AvgIpc) is 2.97. The van der Waals surface area contributed by atoms with E-state index in [-0.39, 0.29) is 36.5 Å². The first kappa shape index (κ1) is 33.2. The van der Waals surface area contributed by atoms with Gasteiger partial charge in [0, 0.05) is 6.54 Å². The van der Waals surface area contributed by atoms with Crippen LogP contribution < -0.4 is 35.5 Å². The Kier molecular flexibility index (Phi) is 12.7. The Balaban J connectivity index is 1.73. The van der Waals surface area contributed by atoms with Crippen molar-refractivity contribution in [3.05, 3.63) is 53.6 Å². The van der Waals surface area contributed by atoms with E-state index in [2.05, 4.69) is 21.3 Å². The zero-order valence-corrected chi connectivity index (χ0v) is 25.7. The summed E-state index contributed by atoms with van der Waals surface area (Å²) in [4.78, 5) is 52.7. The molecule has 43 heavy (non-hydrogen) atoms. The number of benzene rings is 2. The van der Waals surface area contributed by atoms with Crippen molar-refractivity contribution in [1.82, 2.24) is 21.3 Å². The van der Waals surface area contributed by atoms with E-state index in [1.54, 1.807) is 38.3 Å². The lowest BCUT2D eigenvalue weighted by Crippen LogP contribution is -2.54. The maximum Gasteiger partial charge on any atom is 0.255 e. The van der Waals surface area contributed by atoms with E-state index in [1.807, 2.05) is 39.0 Å². The van der Waals surface area contributed by atoms with Crippen molar-refractivity contribution in [1.29, 1.82) is 0 Å². The third kappa shape index (κ3) is 10.2. The van der Waals surface area contributed by atoms with E-state index in [0.29, 0.717) is 49.7 Å². The summed E-state index contributed by atoms with van der Waals surface area (Å²) in [5, 5.41) is 11.2. The molecule has 11 heteroatoms.